The molecule has 6 heterocycles. The predicted octanol–water partition coefficient (Wildman–Crippen LogP) is 2.24. The van der Waals surface area contributed by atoms with E-state index in [2.05, 4.69) is 36.3 Å². The van der Waals surface area contributed by atoms with Crippen LogP contribution in [-0.2, 0) is 23.1 Å². The zero-order chi connectivity index (χ0) is 39.1. The fourth-order valence-corrected chi connectivity index (χ4v) is 6.77. The number of halogens is 1. The van der Waals surface area contributed by atoms with Crippen LogP contribution in [0.25, 0.3) is 22.5 Å². The Morgan fingerprint density at radius 1 is 0.964 bits per heavy atom. The lowest BCUT2D eigenvalue weighted by Crippen LogP contribution is -2.44. The molecule has 0 radical (unpaired) electrons. The summed E-state index contributed by atoms with van der Waals surface area (Å²) in [5.74, 6) is -1.07. The second-order valence-electron chi connectivity index (χ2n) is 13.8. The number of hydrogen-bond acceptors (Lipinski definition) is 10. The number of imidazole rings is 2. The lowest BCUT2D eigenvalue weighted by atomic mass is 10.0. The summed E-state index contributed by atoms with van der Waals surface area (Å²) in [6.07, 6.45) is 6.12. The highest BCUT2D eigenvalue weighted by atomic mass is 19.1. The molecule has 1 saturated heterocycles. The maximum atomic E-state index is 13.4. The van der Waals surface area contributed by atoms with E-state index in [0.717, 1.165) is 12.0 Å². The van der Waals surface area contributed by atoms with E-state index in [1.54, 1.807) is 49.6 Å². The molecule has 1 aliphatic carbocycles. The van der Waals surface area contributed by atoms with Crippen molar-refractivity contribution in [1.82, 2.24) is 49.2 Å². The van der Waals surface area contributed by atoms with Crippen molar-refractivity contribution in [2.24, 2.45) is 7.05 Å². The summed E-state index contributed by atoms with van der Waals surface area (Å²) in [5.41, 5.74) is 2.62. The molecule has 3 atom stereocenters. The molecule has 18 heteroatoms. The summed E-state index contributed by atoms with van der Waals surface area (Å²) < 4.78 is 18.9. The van der Waals surface area contributed by atoms with Gasteiger partial charge in [-0.2, -0.15) is 0 Å². The second-order valence-corrected chi connectivity index (χ2v) is 13.8. The second kappa shape index (κ2) is 14.7. The van der Waals surface area contributed by atoms with Crippen molar-refractivity contribution in [3.63, 3.8) is 0 Å². The van der Waals surface area contributed by atoms with Gasteiger partial charge >= 0.3 is 5.69 Å². The van der Waals surface area contributed by atoms with E-state index in [4.69, 9.17) is 0 Å². The smallest absolute Gasteiger partial charge is 0.329 e. The van der Waals surface area contributed by atoms with Gasteiger partial charge < -0.3 is 16.0 Å². The van der Waals surface area contributed by atoms with Crippen LogP contribution in [0, 0.1) is 0 Å². The molecule has 56 heavy (non-hydrogen) atoms. The van der Waals surface area contributed by atoms with E-state index in [1.807, 2.05) is 18.2 Å². The van der Waals surface area contributed by atoms with Gasteiger partial charge in [0.2, 0.25) is 11.8 Å². The number of pyridine rings is 2. The molecule has 8 rings (SSSR count). The summed E-state index contributed by atoms with van der Waals surface area (Å²) in [4.78, 5) is 84.6. The number of hydrogen-bond donors (Lipinski definition) is 4. The van der Waals surface area contributed by atoms with E-state index in [-0.39, 0.29) is 54.0 Å². The number of anilines is 2. The molecule has 1 unspecified atom stereocenters. The number of aromatic nitrogens is 7. The van der Waals surface area contributed by atoms with Gasteiger partial charge in [0.05, 0.1) is 28.8 Å². The maximum Gasteiger partial charge on any atom is 0.329 e. The first-order valence-corrected chi connectivity index (χ1v) is 18.1. The highest BCUT2D eigenvalue weighted by Gasteiger charge is 2.39. The first kappa shape index (κ1) is 36.0. The summed E-state index contributed by atoms with van der Waals surface area (Å²) in [5, 5.41) is 15.2. The van der Waals surface area contributed by atoms with Gasteiger partial charge in [-0.05, 0) is 79.8 Å². The average Bonchev–Trinajstić information content (AvgIpc) is 3.61. The normalized spacial score (nSPS) is 17.9. The molecular weight excluding hydrogens is 725 g/mol. The number of carbonyl (C=O) groups is 4. The van der Waals surface area contributed by atoms with Gasteiger partial charge in [-0.25, -0.2) is 23.7 Å². The molecule has 0 bridgehead atoms. The number of amides is 4. The summed E-state index contributed by atoms with van der Waals surface area (Å²) >= 11 is 0. The highest BCUT2D eigenvalue weighted by Crippen LogP contribution is 2.26. The number of unbranched alkanes of at least 4 members (excludes halogenated alkanes) is 1. The highest BCUT2D eigenvalue weighted by molar-refractivity contribution is 6.00. The van der Waals surface area contributed by atoms with E-state index in [0.29, 0.717) is 47.4 Å². The third-order valence-corrected chi connectivity index (χ3v) is 9.94. The standard InChI is InChI=1S/C38H36FN11O6/c1-47-28-17-21(7-9-26(28)49(38(47)56)27-10-14-33(51)45-35(27)53)5-2-3-15-40-34(52)22-8-12-31(41-19-22)48-16-4-6-24(37(48)55)43-30-11-13-32-42-20-29(50(32)46-30)36(54)44-25-18-23(25)39/h4,6-9,11-13,16-17,19-20,23,25,27H,2-3,5,10,14-15,18H2,1H3,(H,40,52)(H,43,46)(H,44,54)(H,45,51,53)/t23-,25+,27?/m0/s1. The monoisotopic (exact) mass is 761 g/mol. The topological polar surface area (TPSA) is 208 Å². The van der Waals surface area contributed by atoms with Crippen LogP contribution >= 0.6 is 0 Å². The number of carbonyl (C=O) groups excluding carboxylic acids is 4. The molecule has 4 N–H and O–H groups in total. The van der Waals surface area contributed by atoms with E-state index >= 15 is 0 Å². The largest absolute Gasteiger partial charge is 0.352 e. The van der Waals surface area contributed by atoms with Crippen LogP contribution in [0.5, 0.6) is 0 Å². The molecule has 0 spiro atoms. The van der Waals surface area contributed by atoms with Crippen LogP contribution in [0.4, 0.5) is 15.9 Å². The minimum absolute atomic E-state index is 0.132. The van der Waals surface area contributed by atoms with E-state index < -0.39 is 35.6 Å². The van der Waals surface area contributed by atoms with Crippen LogP contribution in [0.15, 0.2) is 82.8 Å². The van der Waals surface area contributed by atoms with E-state index in [1.165, 1.54) is 30.6 Å². The first-order valence-electron chi connectivity index (χ1n) is 18.1. The SMILES string of the molecule is Cn1c(=O)n(C2CCC(=O)NC2=O)c2ccc(CCCCNC(=O)c3ccc(-n4cccc(Nc5ccc6ncc(C(=O)N[C@@H]7C[C@@H]7F)n6n5)c4=O)nc3)cc21. The number of nitrogens with zero attached hydrogens (tertiary/aromatic N) is 7. The maximum absolute atomic E-state index is 13.4. The first-order chi connectivity index (χ1) is 27.0. The van der Waals surface area contributed by atoms with Crippen molar-refractivity contribution in [3.8, 4) is 5.82 Å². The molecule has 17 nitrogen and oxygen atoms in total. The Kier molecular flexibility index (Phi) is 9.45. The van der Waals surface area contributed by atoms with E-state index in [9.17, 15) is 33.2 Å². The van der Waals surface area contributed by atoms with Crippen molar-refractivity contribution < 1.29 is 23.6 Å². The van der Waals surface area contributed by atoms with Crippen molar-refractivity contribution in [2.45, 2.75) is 56.8 Å². The Morgan fingerprint density at radius 3 is 2.57 bits per heavy atom. The number of alkyl halides is 1. The number of piperidine rings is 1. The summed E-state index contributed by atoms with van der Waals surface area (Å²) in [7, 11) is 1.66. The Labute approximate surface area is 316 Å². The van der Waals surface area contributed by atoms with Crippen LogP contribution < -0.4 is 32.5 Å². The van der Waals surface area contributed by atoms with Gasteiger partial charge in [0, 0.05) is 38.8 Å². The Balaban J connectivity index is 0.854. The third-order valence-electron chi connectivity index (χ3n) is 9.94. The Bertz CT molecular complexity index is 2660. The van der Waals surface area contributed by atoms with Gasteiger partial charge in [0.25, 0.3) is 17.4 Å². The number of aryl methyl sites for hydroxylation is 2. The minimum atomic E-state index is -1.05. The minimum Gasteiger partial charge on any atom is -0.352 e. The molecule has 1 aliphatic heterocycles. The fraction of sp³-hybridized carbons (Fsp3) is 0.289. The number of fused-ring (bicyclic) bond motifs is 2. The van der Waals surface area contributed by atoms with Crippen LogP contribution in [0.2, 0.25) is 0 Å². The molecule has 2 fully saturated rings. The molecule has 2 aliphatic rings. The summed E-state index contributed by atoms with van der Waals surface area (Å²) in [6, 6.07) is 14.0. The molecule has 6 aromatic rings. The van der Waals surface area contributed by atoms with Crippen LogP contribution in [-0.4, -0.2) is 75.7 Å². The van der Waals surface area contributed by atoms with Crippen molar-refractivity contribution in [2.75, 3.05) is 11.9 Å². The molecule has 286 valence electrons. The number of benzene rings is 1. The predicted molar refractivity (Wildman–Crippen MR) is 201 cm³/mol. The van der Waals surface area contributed by atoms with Gasteiger partial charge in [-0.15, -0.1) is 5.10 Å². The number of rotatable bonds is 12. The van der Waals surface area contributed by atoms with Crippen LogP contribution in [0.3, 0.4) is 0 Å². The van der Waals surface area contributed by atoms with Crippen molar-refractivity contribution in [3.05, 3.63) is 111 Å². The Morgan fingerprint density at radius 2 is 1.80 bits per heavy atom. The van der Waals surface area contributed by atoms with Gasteiger partial charge in [-0.1, -0.05) is 6.07 Å². The Hall–Kier alpha value is -6.98. The average molecular weight is 762 g/mol. The number of imide groups is 1. The lowest BCUT2D eigenvalue weighted by Gasteiger charge is -2.21. The molecule has 1 saturated carbocycles. The lowest BCUT2D eigenvalue weighted by molar-refractivity contribution is -0.135. The van der Waals surface area contributed by atoms with Gasteiger partial charge in [0.1, 0.15) is 23.7 Å². The number of nitrogens with one attached hydrogen (secondary N) is 4. The zero-order valence-electron chi connectivity index (χ0n) is 30.1. The van der Waals surface area contributed by atoms with Crippen LogP contribution in [0.1, 0.15) is 64.6 Å². The molecular formula is C38H36FN11O6. The fourth-order valence-electron chi connectivity index (χ4n) is 6.77. The molecule has 1 aromatic carbocycles. The molecule has 4 amide bonds. The van der Waals surface area contributed by atoms with Crippen molar-refractivity contribution >= 4 is 51.8 Å². The molecule has 5 aromatic heterocycles. The van der Waals surface area contributed by atoms with Gasteiger partial charge in [-0.3, -0.25) is 43.0 Å². The van der Waals surface area contributed by atoms with Gasteiger partial charge in [0.15, 0.2) is 17.2 Å². The van der Waals surface area contributed by atoms with Crippen molar-refractivity contribution in [1.29, 1.82) is 0 Å². The summed E-state index contributed by atoms with van der Waals surface area (Å²) in [6.45, 7) is 0.421. The third kappa shape index (κ3) is 7.03. The zero-order valence-corrected chi connectivity index (χ0v) is 30.1. The quantitative estimate of drug-likeness (QED) is 0.106.